The number of hydrogen-bond donors (Lipinski definition) is 1. The smallest absolute Gasteiger partial charge is 0.215 e. The number of sulfonamides is 1. The predicted molar refractivity (Wildman–Crippen MR) is 82.3 cm³/mol. The van der Waals surface area contributed by atoms with Gasteiger partial charge in [0.1, 0.15) is 0 Å². The van der Waals surface area contributed by atoms with Crippen molar-refractivity contribution in [3.63, 3.8) is 0 Å². The van der Waals surface area contributed by atoms with Gasteiger partial charge in [0.05, 0.1) is 5.75 Å². The third-order valence-corrected chi connectivity index (χ3v) is 6.68. The van der Waals surface area contributed by atoms with Crippen LogP contribution >= 0.6 is 0 Å². The number of piperidine rings is 1. The van der Waals surface area contributed by atoms with Gasteiger partial charge in [0.15, 0.2) is 0 Å². The van der Waals surface area contributed by atoms with Gasteiger partial charge in [-0.1, -0.05) is 13.3 Å². The van der Waals surface area contributed by atoms with Gasteiger partial charge in [-0.05, 0) is 32.7 Å². The molecule has 0 aromatic rings. The monoisotopic (exact) mass is 303 g/mol. The third-order valence-electron chi connectivity index (χ3n) is 4.70. The van der Waals surface area contributed by atoms with Crippen LogP contribution in [0.25, 0.3) is 0 Å². The first-order chi connectivity index (χ1) is 9.53. The second kappa shape index (κ2) is 7.20. The van der Waals surface area contributed by atoms with E-state index in [0.29, 0.717) is 19.1 Å². The fourth-order valence-electron chi connectivity index (χ4n) is 3.11. The maximum atomic E-state index is 12.5. The quantitative estimate of drug-likeness (QED) is 0.819. The summed E-state index contributed by atoms with van der Waals surface area (Å²) in [4.78, 5) is 2.39. The molecule has 2 heterocycles. The number of nitrogens with zero attached hydrogens (tertiary/aromatic N) is 2. The SMILES string of the molecule is CCC(C)N1CCN(S(=O)(=O)CC2CCCCN2)CC1. The van der Waals surface area contributed by atoms with Gasteiger partial charge < -0.3 is 5.32 Å². The van der Waals surface area contributed by atoms with Crippen LogP contribution in [0.2, 0.25) is 0 Å². The normalized spacial score (nSPS) is 28.4. The van der Waals surface area contributed by atoms with Crippen LogP contribution in [-0.2, 0) is 10.0 Å². The largest absolute Gasteiger partial charge is 0.313 e. The minimum Gasteiger partial charge on any atom is -0.313 e. The average Bonchev–Trinajstić information content (AvgIpc) is 2.47. The summed E-state index contributed by atoms with van der Waals surface area (Å²) in [6.07, 6.45) is 4.43. The van der Waals surface area contributed by atoms with Crippen molar-refractivity contribution in [1.29, 1.82) is 0 Å². The first-order valence-electron chi connectivity index (χ1n) is 7.98. The molecule has 118 valence electrons. The highest BCUT2D eigenvalue weighted by Gasteiger charge is 2.30. The van der Waals surface area contributed by atoms with E-state index >= 15 is 0 Å². The van der Waals surface area contributed by atoms with Crippen LogP contribution in [0, 0.1) is 0 Å². The number of nitrogens with one attached hydrogen (secondary N) is 1. The summed E-state index contributed by atoms with van der Waals surface area (Å²) in [5.74, 6) is 0.274. The van der Waals surface area contributed by atoms with Gasteiger partial charge in [-0.2, -0.15) is 4.31 Å². The van der Waals surface area contributed by atoms with E-state index in [1.54, 1.807) is 4.31 Å². The van der Waals surface area contributed by atoms with Gasteiger partial charge in [-0.25, -0.2) is 8.42 Å². The molecule has 0 aromatic heterocycles. The molecule has 6 heteroatoms. The molecular weight excluding hydrogens is 274 g/mol. The van der Waals surface area contributed by atoms with Crippen molar-refractivity contribution < 1.29 is 8.42 Å². The van der Waals surface area contributed by atoms with E-state index in [9.17, 15) is 8.42 Å². The molecule has 2 unspecified atom stereocenters. The maximum Gasteiger partial charge on any atom is 0.215 e. The van der Waals surface area contributed by atoms with E-state index < -0.39 is 10.0 Å². The zero-order valence-electron chi connectivity index (χ0n) is 12.8. The minimum absolute atomic E-state index is 0.154. The Kier molecular flexibility index (Phi) is 5.84. The fourth-order valence-corrected chi connectivity index (χ4v) is 4.83. The molecule has 0 aromatic carbocycles. The number of piperazine rings is 1. The highest BCUT2D eigenvalue weighted by atomic mass is 32.2. The maximum absolute atomic E-state index is 12.5. The van der Waals surface area contributed by atoms with Gasteiger partial charge in [0.25, 0.3) is 0 Å². The lowest BCUT2D eigenvalue weighted by Gasteiger charge is -2.37. The van der Waals surface area contributed by atoms with Crippen LogP contribution in [0.5, 0.6) is 0 Å². The van der Waals surface area contributed by atoms with Crippen LogP contribution in [-0.4, -0.2) is 68.2 Å². The summed E-state index contributed by atoms with van der Waals surface area (Å²) >= 11 is 0. The van der Waals surface area contributed by atoms with Gasteiger partial charge in [0.2, 0.25) is 10.0 Å². The molecule has 5 nitrogen and oxygen atoms in total. The Morgan fingerprint density at radius 3 is 2.45 bits per heavy atom. The Labute approximate surface area is 123 Å². The predicted octanol–water partition coefficient (Wildman–Crippen LogP) is 0.874. The lowest BCUT2D eigenvalue weighted by molar-refractivity contribution is 0.142. The summed E-state index contributed by atoms with van der Waals surface area (Å²) in [5, 5.41) is 3.33. The molecule has 0 aliphatic carbocycles. The molecule has 2 saturated heterocycles. The zero-order valence-corrected chi connectivity index (χ0v) is 13.7. The van der Waals surface area contributed by atoms with Crippen molar-refractivity contribution in [3.05, 3.63) is 0 Å². The van der Waals surface area contributed by atoms with Gasteiger partial charge >= 0.3 is 0 Å². The Hall–Kier alpha value is -0.170. The first kappa shape index (κ1) is 16.2. The van der Waals surface area contributed by atoms with Crippen LogP contribution in [0.4, 0.5) is 0 Å². The van der Waals surface area contributed by atoms with E-state index in [2.05, 4.69) is 24.1 Å². The average molecular weight is 303 g/mol. The molecule has 0 bridgehead atoms. The Morgan fingerprint density at radius 1 is 1.20 bits per heavy atom. The Balaban J connectivity index is 1.85. The lowest BCUT2D eigenvalue weighted by atomic mass is 10.1. The number of rotatable bonds is 5. The van der Waals surface area contributed by atoms with Crippen molar-refractivity contribution in [2.75, 3.05) is 38.5 Å². The van der Waals surface area contributed by atoms with Crippen molar-refractivity contribution in [3.8, 4) is 0 Å². The van der Waals surface area contributed by atoms with Crippen molar-refractivity contribution in [1.82, 2.24) is 14.5 Å². The summed E-state index contributed by atoms with van der Waals surface area (Å²) in [6, 6.07) is 0.709. The lowest BCUT2D eigenvalue weighted by Crippen LogP contribution is -2.53. The molecule has 2 atom stereocenters. The number of hydrogen-bond acceptors (Lipinski definition) is 4. The molecule has 0 radical (unpaired) electrons. The standard InChI is InChI=1S/C14H29N3O2S/c1-3-13(2)16-8-10-17(11-9-16)20(18,19)12-14-6-4-5-7-15-14/h13-15H,3-12H2,1-2H3. The van der Waals surface area contributed by atoms with Crippen molar-refractivity contribution in [2.45, 2.75) is 51.6 Å². The van der Waals surface area contributed by atoms with Crippen molar-refractivity contribution in [2.24, 2.45) is 0 Å². The van der Waals surface area contributed by atoms with E-state index in [1.807, 2.05) is 0 Å². The summed E-state index contributed by atoms with van der Waals surface area (Å²) in [7, 11) is -3.09. The van der Waals surface area contributed by atoms with E-state index in [-0.39, 0.29) is 11.8 Å². The van der Waals surface area contributed by atoms with E-state index in [4.69, 9.17) is 0 Å². The van der Waals surface area contributed by atoms with E-state index in [1.165, 1.54) is 6.42 Å². The molecule has 1 N–H and O–H groups in total. The van der Waals surface area contributed by atoms with Crippen LogP contribution in [0.3, 0.4) is 0 Å². The molecule has 2 fully saturated rings. The van der Waals surface area contributed by atoms with Crippen LogP contribution < -0.4 is 5.32 Å². The molecule has 20 heavy (non-hydrogen) atoms. The second-order valence-corrected chi connectivity index (χ2v) is 8.13. The zero-order chi connectivity index (χ0) is 14.6. The minimum atomic E-state index is -3.09. The summed E-state index contributed by atoms with van der Waals surface area (Å²) in [5.41, 5.74) is 0. The topological polar surface area (TPSA) is 52.7 Å². The van der Waals surface area contributed by atoms with Crippen LogP contribution in [0.1, 0.15) is 39.5 Å². The molecule has 2 aliphatic heterocycles. The molecule has 0 spiro atoms. The Bertz CT molecular complexity index is 385. The molecule has 2 aliphatic rings. The third kappa shape index (κ3) is 4.16. The van der Waals surface area contributed by atoms with Crippen LogP contribution in [0.15, 0.2) is 0 Å². The molecule has 0 saturated carbocycles. The fraction of sp³-hybridized carbons (Fsp3) is 1.00. The second-order valence-electron chi connectivity index (χ2n) is 6.12. The molecule has 2 rings (SSSR count). The Morgan fingerprint density at radius 2 is 1.90 bits per heavy atom. The highest BCUT2D eigenvalue weighted by Crippen LogP contribution is 2.15. The first-order valence-corrected chi connectivity index (χ1v) is 9.59. The van der Waals surface area contributed by atoms with Crippen molar-refractivity contribution >= 4 is 10.0 Å². The molecule has 0 amide bonds. The van der Waals surface area contributed by atoms with Gasteiger partial charge in [-0.15, -0.1) is 0 Å². The highest BCUT2D eigenvalue weighted by molar-refractivity contribution is 7.89. The summed E-state index contributed by atoms with van der Waals surface area (Å²) < 4.78 is 26.6. The van der Waals surface area contributed by atoms with E-state index in [0.717, 1.165) is 38.9 Å². The van der Waals surface area contributed by atoms with Gasteiger partial charge in [0, 0.05) is 38.3 Å². The summed E-state index contributed by atoms with van der Waals surface area (Å²) in [6.45, 7) is 8.40. The van der Waals surface area contributed by atoms with Gasteiger partial charge in [-0.3, -0.25) is 4.90 Å². The molecular formula is C14H29N3O2S.